The van der Waals surface area contributed by atoms with Crippen LogP contribution in [-0.2, 0) is 31.9 Å². The van der Waals surface area contributed by atoms with Crippen molar-refractivity contribution in [3.05, 3.63) is 193 Å². The predicted molar refractivity (Wildman–Crippen MR) is 263 cm³/mol. The molecule has 7 aromatic carbocycles. The minimum Gasteiger partial charge on any atom is -0.507 e. The number of benzene rings is 7. The van der Waals surface area contributed by atoms with Crippen LogP contribution in [0.25, 0.3) is 83.9 Å². The average Bonchev–Trinajstić information content (AvgIpc) is 3.68. The zero-order chi connectivity index (χ0) is 45.0. The Morgan fingerprint density at radius 3 is 1.84 bits per heavy atom. The van der Waals surface area contributed by atoms with Crippen LogP contribution in [0.1, 0.15) is 79.3 Å². The van der Waals surface area contributed by atoms with Crippen molar-refractivity contribution in [2.24, 2.45) is 0 Å². The monoisotopic (exact) mass is 1020 g/mol. The molecule has 0 fully saturated rings. The van der Waals surface area contributed by atoms with Crippen molar-refractivity contribution in [2.45, 2.75) is 72.1 Å². The molecule has 0 amide bonds. The van der Waals surface area contributed by atoms with Crippen LogP contribution in [0.4, 0.5) is 0 Å². The molecule has 0 spiro atoms. The third-order valence-corrected chi connectivity index (χ3v) is 12.1. The van der Waals surface area contributed by atoms with E-state index in [0.29, 0.717) is 11.4 Å². The molecule has 2 aromatic heterocycles. The Morgan fingerprint density at radius 2 is 1.17 bits per heavy atom. The van der Waals surface area contributed by atoms with E-state index in [4.69, 9.17) is 11.3 Å². The maximum atomic E-state index is 11.5. The van der Waals surface area contributed by atoms with Gasteiger partial charge in [0.25, 0.3) is 0 Å². The third-order valence-electron chi connectivity index (χ3n) is 12.1. The van der Waals surface area contributed by atoms with E-state index in [2.05, 4.69) is 180 Å². The molecule has 2 heterocycles. The largest absolute Gasteiger partial charge is 0.507 e. The summed E-state index contributed by atoms with van der Waals surface area (Å²) >= 11 is 0. The summed E-state index contributed by atoms with van der Waals surface area (Å²) in [7, 11) is 0. The molecule has 322 valence electrons. The normalized spacial score (nSPS) is 12.2. The van der Waals surface area contributed by atoms with Crippen LogP contribution in [0.5, 0.6) is 5.75 Å². The van der Waals surface area contributed by atoms with E-state index in [1.165, 1.54) is 16.7 Å². The molecule has 5 heteroatoms. The topological polar surface area (TPSA) is 50.9 Å². The quantitative estimate of drug-likeness (QED) is 0.154. The van der Waals surface area contributed by atoms with Crippen molar-refractivity contribution in [3.8, 4) is 78.6 Å². The summed E-state index contributed by atoms with van der Waals surface area (Å²) in [5.41, 5.74) is 16.5. The van der Waals surface area contributed by atoms with Gasteiger partial charge in [-0.2, -0.15) is 0 Å². The fourth-order valence-corrected chi connectivity index (χ4v) is 8.36. The molecule has 0 saturated heterocycles. The first-order valence-corrected chi connectivity index (χ1v) is 21.8. The molecule has 9 rings (SSSR count). The van der Waals surface area contributed by atoms with Gasteiger partial charge in [0, 0.05) is 39.9 Å². The molecule has 0 bridgehead atoms. The standard InChI is InChI=1S/C59H54N3O.Pt/c1-38(2)43-27-30-53(51(36-43)42-25-28-47(29-26-42)58(3,4)5)62-54-19-14-18-49(56(54)61-57(62)50-17-12-13-20-55(50)63)45-33-46(35-48(34-45)59(6,7)8)52-37-44(31-32-60-52)41-23-21-40(22-24-41)39-15-10-9-11-16-39;/h9-32,34-38,63H,1-8H3;/q-1;/i38D;. The van der Waals surface area contributed by atoms with Crippen molar-refractivity contribution in [1.29, 1.82) is 0 Å². The Bertz CT molecular complexity index is 3150. The summed E-state index contributed by atoms with van der Waals surface area (Å²) in [6.45, 7) is 17.2. The zero-order valence-corrected chi connectivity index (χ0v) is 40.0. The SMILES string of the molecule is [2H]C(C)(C)c1ccc(-n2c(-c3ccccc3O)nc3c(-c4[c-]c(-c5cc(-c6ccc(-c7ccccc7)cc6)ccn5)cc(C(C)(C)C)c4)cccc32)c(-c2ccc(C(C)(C)C)cc2)c1.[Pt]. The molecule has 0 aliphatic carbocycles. The van der Waals surface area contributed by atoms with Crippen molar-refractivity contribution in [3.63, 3.8) is 0 Å². The van der Waals surface area contributed by atoms with Gasteiger partial charge in [0.15, 0.2) is 0 Å². The fraction of sp³-hybridized carbons (Fsp3) is 0.186. The van der Waals surface area contributed by atoms with E-state index in [9.17, 15) is 5.11 Å². The van der Waals surface area contributed by atoms with Crippen molar-refractivity contribution in [2.75, 3.05) is 0 Å². The number of phenols is 1. The van der Waals surface area contributed by atoms with Gasteiger partial charge in [0.05, 0.1) is 22.3 Å². The van der Waals surface area contributed by atoms with Gasteiger partial charge in [-0.1, -0.05) is 182 Å². The minimum absolute atomic E-state index is 0. The van der Waals surface area contributed by atoms with Gasteiger partial charge in [-0.15, -0.1) is 29.3 Å². The molecule has 0 unspecified atom stereocenters. The minimum atomic E-state index is -0.823. The van der Waals surface area contributed by atoms with Gasteiger partial charge in [-0.25, -0.2) is 4.98 Å². The first-order valence-electron chi connectivity index (χ1n) is 22.3. The van der Waals surface area contributed by atoms with Gasteiger partial charge in [-0.3, -0.25) is 9.55 Å². The van der Waals surface area contributed by atoms with Gasteiger partial charge in [0.2, 0.25) is 0 Å². The number of imidazole rings is 1. The number of rotatable bonds is 8. The number of fused-ring (bicyclic) bond motifs is 1. The van der Waals surface area contributed by atoms with Crippen molar-refractivity contribution >= 4 is 11.0 Å². The number of aromatic nitrogens is 3. The molecule has 0 aliphatic heterocycles. The molecule has 4 nitrogen and oxygen atoms in total. The molecule has 0 saturated carbocycles. The molecular weight excluding hydrogens is 962 g/mol. The second-order valence-corrected chi connectivity index (χ2v) is 18.8. The maximum Gasteiger partial charge on any atom is 0.148 e. The first kappa shape index (κ1) is 42.9. The number of para-hydroxylation sites is 2. The summed E-state index contributed by atoms with van der Waals surface area (Å²) in [6, 6.07) is 60.4. The van der Waals surface area contributed by atoms with Crippen LogP contribution < -0.4 is 0 Å². The van der Waals surface area contributed by atoms with E-state index < -0.39 is 5.89 Å². The molecule has 64 heavy (non-hydrogen) atoms. The Balaban J connectivity index is 0.00000576. The van der Waals surface area contributed by atoms with Crippen LogP contribution in [0, 0.1) is 6.07 Å². The Hall–Kier alpha value is -6.35. The summed E-state index contributed by atoms with van der Waals surface area (Å²) < 4.78 is 11.2. The fourth-order valence-electron chi connectivity index (χ4n) is 8.36. The smallest absolute Gasteiger partial charge is 0.148 e. The Morgan fingerprint density at radius 1 is 0.562 bits per heavy atom. The molecule has 0 radical (unpaired) electrons. The van der Waals surface area contributed by atoms with Crippen LogP contribution in [0.15, 0.2) is 170 Å². The summed E-state index contributed by atoms with van der Waals surface area (Å²) in [5, 5.41) is 11.5. The molecule has 9 aromatic rings. The molecular formula is C59H54N3OPt-. The third kappa shape index (κ3) is 8.77. The van der Waals surface area contributed by atoms with Crippen molar-refractivity contribution in [1.82, 2.24) is 14.5 Å². The number of nitrogens with zero attached hydrogens (tertiary/aromatic N) is 3. The van der Waals surface area contributed by atoms with Gasteiger partial charge < -0.3 is 5.11 Å². The summed E-state index contributed by atoms with van der Waals surface area (Å²) in [6.07, 6.45) is 1.88. The number of aromatic hydroxyl groups is 1. The van der Waals surface area contributed by atoms with E-state index in [1.807, 2.05) is 50.4 Å². The number of hydrogen-bond acceptors (Lipinski definition) is 3. The second kappa shape index (κ2) is 17.7. The van der Waals surface area contributed by atoms with Crippen LogP contribution in [0.2, 0.25) is 0 Å². The van der Waals surface area contributed by atoms with E-state index >= 15 is 0 Å². The number of pyridine rings is 1. The Kier molecular flexibility index (Phi) is 11.8. The van der Waals surface area contributed by atoms with Gasteiger partial charge in [0.1, 0.15) is 11.6 Å². The van der Waals surface area contributed by atoms with E-state index in [-0.39, 0.29) is 37.6 Å². The molecule has 0 aliphatic rings. The van der Waals surface area contributed by atoms with E-state index in [0.717, 1.165) is 72.5 Å². The molecule has 0 atom stereocenters. The summed E-state index contributed by atoms with van der Waals surface area (Å²) in [5.74, 6) is -0.0632. The van der Waals surface area contributed by atoms with Gasteiger partial charge in [-0.05, 0) is 92.1 Å². The average molecular weight is 1020 g/mol. The van der Waals surface area contributed by atoms with Crippen LogP contribution in [-0.4, -0.2) is 19.6 Å². The zero-order valence-electron chi connectivity index (χ0n) is 38.8. The Labute approximate surface area is 394 Å². The predicted octanol–water partition coefficient (Wildman–Crippen LogP) is 15.6. The van der Waals surface area contributed by atoms with Crippen molar-refractivity contribution < 1.29 is 27.5 Å². The van der Waals surface area contributed by atoms with E-state index in [1.54, 1.807) is 6.07 Å². The maximum absolute atomic E-state index is 11.5. The number of phenolic OH excluding ortho intramolecular Hbond substituents is 1. The first-order chi connectivity index (χ1) is 30.5. The number of hydrogen-bond donors (Lipinski definition) is 1. The second-order valence-electron chi connectivity index (χ2n) is 18.8. The van der Waals surface area contributed by atoms with Gasteiger partial charge >= 0.3 is 0 Å². The summed E-state index contributed by atoms with van der Waals surface area (Å²) in [4.78, 5) is 10.4. The molecule has 1 N–H and O–H groups in total. The van der Waals surface area contributed by atoms with Crippen LogP contribution >= 0.6 is 0 Å². The van der Waals surface area contributed by atoms with Crippen LogP contribution in [0.3, 0.4) is 0 Å².